The molecule has 1 N–H and O–H groups in total. The van der Waals surface area contributed by atoms with Gasteiger partial charge in [0.1, 0.15) is 0 Å². The Labute approximate surface area is 148 Å². The summed E-state index contributed by atoms with van der Waals surface area (Å²) in [6.45, 7) is 5.14. The fraction of sp³-hybridized carbons (Fsp3) is 0.476. The molecule has 0 spiro atoms. The SMILES string of the molecule is CC1CC(C)N1C(=O)[C@@H]1C=C2c3cccc4[nH]cc(c34)C[C@H]2N(C)C1. The number of amides is 1. The van der Waals surface area contributed by atoms with Gasteiger partial charge in [0.2, 0.25) is 5.91 Å². The maximum Gasteiger partial charge on any atom is 0.231 e. The average Bonchev–Trinajstić information content (AvgIpc) is 3.00. The third-order valence-electron chi connectivity index (χ3n) is 6.47. The Morgan fingerprint density at radius 3 is 2.80 bits per heavy atom. The number of likely N-dealkylation sites (N-methyl/N-ethyl adjacent to an activating group) is 1. The average molecular weight is 335 g/mol. The molecule has 4 heteroatoms. The summed E-state index contributed by atoms with van der Waals surface area (Å²) in [5.74, 6) is 0.272. The molecule has 0 bridgehead atoms. The largest absolute Gasteiger partial charge is 0.361 e. The smallest absolute Gasteiger partial charge is 0.231 e. The van der Waals surface area contributed by atoms with E-state index in [1.165, 1.54) is 27.6 Å². The molecule has 25 heavy (non-hydrogen) atoms. The maximum absolute atomic E-state index is 13.1. The summed E-state index contributed by atoms with van der Waals surface area (Å²) in [5, 5.41) is 1.34. The number of carbonyl (C=O) groups excluding carboxylic acids is 1. The van der Waals surface area contributed by atoms with Crippen molar-refractivity contribution in [2.24, 2.45) is 5.92 Å². The zero-order valence-corrected chi connectivity index (χ0v) is 15.1. The zero-order chi connectivity index (χ0) is 17.3. The van der Waals surface area contributed by atoms with Gasteiger partial charge >= 0.3 is 0 Å². The van der Waals surface area contributed by atoms with Crippen LogP contribution in [0.25, 0.3) is 16.5 Å². The molecular weight excluding hydrogens is 310 g/mol. The van der Waals surface area contributed by atoms with Gasteiger partial charge in [-0.05, 0) is 56.5 Å². The van der Waals surface area contributed by atoms with Crippen LogP contribution in [0.2, 0.25) is 0 Å². The van der Waals surface area contributed by atoms with Crippen LogP contribution >= 0.6 is 0 Å². The topological polar surface area (TPSA) is 39.3 Å². The van der Waals surface area contributed by atoms with Crippen molar-refractivity contribution in [2.45, 2.75) is 44.8 Å². The monoisotopic (exact) mass is 335 g/mol. The summed E-state index contributed by atoms with van der Waals surface area (Å²) in [6.07, 6.45) is 6.57. The minimum absolute atomic E-state index is 0.0304. The number of carbonyl (C=O) groups is 1. The lowest BCUT2D eigenvalue weighted by atomic mass is 9.79. The lowest BCUT2D eigenvalue weighted by molar-refractivity contribution is -0.146. The van der Waals surface area contributed by atoms with E-state index in [2.05, 4.69) is 66.2 Å². The van der Waals surface area contributed by atoms with Gasteiger partial charge in [0, 0.05) is 41.8 Å². The van der Waals surface area contributed by atoms with Crippen molar-refractivity contribution in [1.82, 2.24) is 14.8 Å². The van der Waals surface area contributed by atoms with E-state index in [-0.39, 0.29) is 5.92 Å². The van der Waals surface area contributed by atoms with Gasteiger partial charge in [-0.2, -0.15) is 0 Å². The van der Waals surface area contributed by atoms with Gasteiger partial charge < -0.3 is 9.88 Å². The standard InChI is InChI=1S/C21H25N3O/c1-12-7-13(2)24(12)21(25)15-8-17-16-5-4-6-18-20(16)14(10-22-18)9-19(17)23(3)11-15/h4-6,8,10,12-13,15,19,22H,7,9,11H2,1-3H3/t12?,13?,15-,19-/m1/s1. The molecule has 0 saturated carbocycles. The van der Waals surface area contributed by atoms with Crippen molar-refractivity contribution in [3.63, 3.8) is 0 Å². The molecule has 0 radical (unpaired) electrons. The molecule has 5 rings (SSSR count). The lowest BCUT2D eigenvalue weighted by Crippen LogP contribution is -2.59. The van der Waals surface area contributed by atoms with Gasteiger partial charge in [-0.15, -0.1) is 0 Å². The third kappa shape index (κ3) is 2.07. The molecule has 130 valence electrons. The Morgan fingerprint density at radius 2 is 2.04 bits per heavy atom. The van der Waals surface area contributed by atoms with E-state index in [1.54, 1.807) is 0 Å². The van der Waals surface area contributed by atoms with Crippen molar-refractivity contribution < 1.29 is 4.79 Å². The zero-order valence-electron chi connectivity index (χ0n) is 15.1. The fourth-order valence-corrected chi connectivity index (χ4v) is 5.25. The first kappa shape index (κ1) is 15.2. The van der Waals surface area contributed by atoms with Crippen LogP contribution < -0.4 is 0 Å². The number of hydrogen-bond donors (Lipinski definition) is 1. The minimum Gasteiger partial charge on any atom is -0.361 e. The normalized spacial score (nSPS) is 31.5. The maximum atomic E-state index is 13.1. The minimum atomic E-state index is -0.0304. The van der Waals surface area contributed by atoms with Crippen LogP contribution in [-0.2, 0) is 11.2 Å². The van der Waals surface area contributed by atoms with Crippen LogP contribution in [0.15, 0.2) is 30.5 Å². The van der Waals surface area contributed by atoms with Crippen molar-refractivity contribution in [2.75, 3.05) is 13.6 Å². The molecule has 3 aliphatic rings. The first-order valence-electron chi connectivity index (χ1n) is 9.38. The number of benzene rings is 1. The molecule has 2 aliphatic heterocycles. The van der Waals surface area contributed by atoms with Crippen LogP contribution in [0.1, 0.15) is 31.4 Å². The first-order chi connectivity index (χ1) is 12.0. The summed E-state index contributed by atoms with van der Waals surface area (Å²) in [7, 11) is 2.17. The Morgan fingerprint density at radius 1 is 1.24 bits per heavy atom. The number of nitrogens with zero attached hydrogens (tertiary/aromatic N) is 2. The molecule has 2 aromatic rings. The van der Waals surface area contributed by atoms with Crippen LogP contribution in [0.3, 0.4) is 0 Å². The Bertz CT molecular complexity index is 888. The highest BCUT2D eigenvalue weighted by Crippen LogP contribution is 2.41. The van der Waals surface area contributed by atoms with Gasteiger partial charge in [0.25, 0.3) is 0 Å². The lowest BCUT2D eigenvalue weighted by Gasteiger charge is -2.48. The highest BCUT2D eigenvalue weighted by atomic mass is 16.2. The summed E-state index contributed by atoms with van der Waals surface area (Å²) in [6, 6.07) is 7.62. The predicted octanol–water partition coefficient (Wildman–Crippen LogP) is 3.05. The third-order valence-corrected chi connectivity index (χ3v) is 6.47. The summed E-state index contributed by atoms with van der Waals surface area (Å²) in [4.78, 5) is 21.0. The summed E-state index contributed by atoms with van der Waals surface area (Å²) < 4.78 is 0. The molecule has 1 saturated heterocycles. The number of aromatic nitrogens is 1. The molecule has 1 amide bonds. The number of H-pyrrole nitrogens is 1. The van der Waals surface area contributed by atoms with Crippen molar-refractivity contribution >= 4 is 22.4 Å². The van der Waals surface area contributed by atoms with Crippen LogP contribution in [0.4, 0.5) is 0 Å². The second-order valence-corrected chi connectivity index (χ2v) is 8.11. The molecular formula is C21H25N3O. The number of likely N-dealkylation sites (tertiary alicyclic amines) is 1. The number of aromatic amines is 1. The highest BCUT2D eigenvalue weighted by Gasteiger charge is 2.41. The Kier molecular flexibility index (Phi) is 3.17. The van der Waals surface area contributed by atoms with Crippen molar-refractivity contribution in [1.29, 1.82) is 0 Å². The van der Waals surface area contributed by atoms with Gasteiger partial charge in [0.15, 0.2) is 0 Å². The molecule has 4 atom stereocenters. The number of hydrogen-bond acceptors (Lipinski definition) is 2. The van der Waals surface area contributed by atoms with Crippen molar-refractivity contribution in [3.8, 4) is 0 Å². The van der Waals surface area contributed by atoms with E-state index in [9.17, 15) is 4.79 Å². The number of rotatable bonds is 1. The molecule has 1 aromatic heterocycles. The predicted molar refractivity (Wildman–Crippen MR) is 100 cm³/mol. The molecule has 1 aromatic carbocycles. The number of fused-ring (bicyclic) bond motifs is 2. The second-order valence-electron chi connectivity index (χ2n) is 8.11. The van der Waals surface area contributed by atoms with Crippen LogP contribution in [0, 0.1) is 5.92 Å². The van der Waals surface area contributed by atoms with Gasteiger partial charge in [-0.1, -0.05) is 18.2 Å². The molecule has 1 aliphatic carbocycles. The van der Waals surface area contributed by atoms with E-state index in [0.717, 1.165) is 19.4 Å². The first-order valence-corrected chi connectivity index (χ1v) is 9.38. The number of nitrogens with one attached hydrogen (secondary N) is 1. The summed E-state index contributed by atoms with van der Waals surface area (Å²) >= 11 is 0. The van der Waals surface area contributed by atoms with E-state index in [0.29, 0.717) is 24.0 Å². The van der Waals surface area contributed by atoms with Crippen molar-refractivity contribution in [3.05, 3.63) is 41.6 Å². The van der Waals surface area contributed by atoms with E-state index in [1.807, 2.05) is 0 Å². The Hall–Kier alpha value is -2.07. The second kappa shape index (κ2) is 5.21. The highest BCUT2D eigenvalue weighted by molar-refractivity contribution is 5.99. The molecule has 2 unspecified atom stereocenters. The van der Waals surface area contributed by atoms with E-state index in [4.69, 9.17) is 0 Å². The fourth-order valence-electron chi connectivity index (χ4n) is 5.25. The van der Waals surface area contributed by atoms with E-state index < -0.39 is 0 Å². The van der Waals surface area contributed by atoms with Gasteiger partial charge in [0.05, 0.1) is 5.92 Å². The van der Waals surface area contributed by atoms with Gasteiger partial charge in [-0.3, -0.25) is 9.69 Å². The molecule has 4 nitrogen and oxygen atoms in total. The quantitative estimate of drug-likeness (QED) is 0.870. The molecule has 1 fully saturated rings. The Balaban J connectivity index is 1.58. The van der Waals surface area contributed by atoms with E-state index >= 15 is 0 Å². The van der Waals surface area contributed by atoms with Crippen LogP contribution in [-0.4, -0.2) is 52.4 Å². The summed E-state index contributed by atoms with van der Waals surface area (Å²) in [5.41, 5.74) is 5.24. The van der Waals surface area contributed by atoms with Gasteiger partial charge in [-0.25, -0.2) is 0 Å². The van der Waals surface area contributed by atoms with Crippen LogP contribution in [0.5, 0.6) is 0 Å². The molecule has 3 heterocycles.